The lowest BCUT2D eigenvalue weighted by atomic mass is 9.79. The molecule has 6 heteroatoms. The number of nitrogens with zero attached hydrogens (tertiary/aromatic N) is 2. The van der Waals surface area contributed by atoms with E-state index in [0.717, 1.165) is 6.42 Å². The van der Waals surface area contributed by atoms with Crippen LogP contribution in [0.15, 0.2) is 41.8 Å². The molecule has 3 rings (SSSR count). The maximum absolute atomic E-state index is 13.2. The van der Waals surface area contributed by atoms with Crippen molar-refractivity contribution < 1.29 is 9.59 Å². The van der Waals surface area contributed by atoms with Crippen molar-refractivity contribution in [3.8, 4) is 0 Å². The monoisotopic (exact) mass is 371 g/mol. The molecule has 2 amide bonds. The van der Waals surface area contributed by atoms with E-state index in [1.54, 1.807) is 24.1 Å². The van der Waals surface area contributed by atoms with Gasteiger partial charge in [0.2, 0.25) is 0 Å². The molecule has 0 bridgehead atoms. The molecule has 138 valence electrons. The number of carbonyl (C=O) groups is 2. The SMILES string of the molecule is CN(C(=O)c1cccs1)c1ccccc1C(=O)N1CCC(N)C(C)(C)C1. The van der Waals surface area contributed by atoms with Gasteiger partial charge in [-0.05, 0) is 35.4 Å². The highest BCUT2D eigenvalue weighted by Gasteiger charge is 2.36. The van der Waals surface area contributed by atoms with Gasteiger partial charge in [-0.15, -0.1) is 11.3 Å². The van der Waals surface area contributed by atoms with Gasteiger partial charge in [-0.25, -0.2) is 0 Å². The number of thiophene rings is 1. The van der Waals surface area contributed by atoms with Crippen LogP contribution in [0.4, 0.5) is 5.69 Å². The number of amides is 2. The van der Waals surface area contributed by atoms with Gasteiger partial charge in [-0.3, -0.25) is 9.59 Å². The third kappa shape index (κ3) is 3.52. The Bertz CT molecular complexity index is 801. The van der Waals surface area contributed by atoms with Crippen LogP contribution >= 0.6 is 11.3 Å². The summed E-state index contributed by atoms with van der Waals surface area (Å²) in [6.45, 7) is 5.44. The zero-order valence-electron chi connectivity index (χ0n) is 15.4. The highest BCUT2D eigenvalue weighted by molar-refractivity contribution is 7.12. The second kappa shape index (κ2) is 7.21. The van der Waals surface area contributed by atoms with Crippen molar-refractivity contribution >= 4 is 28.8 Å². The summed E-state index contributed by atoms with van der Waals surface area (Å²) in [7, 11) is 1.71. The van der Waals surface area contributed by atoms with E-state index in [4.69, 9.17) is 5.73 Å². The Kier molecular flexibility index (Phi) is 5.16. The largest absolute Gasteiger partial charge is 0.338 e. The number of hydrogen-bond acceptors (Lipinski definition) is 4. The molecule has 1 unspecified atom stereocenters. The van der Waals surface area contributed by atoms with E-state index in [1.165, 1.54) is 11.3 Å². The first-order chi connectivity index (χ1) is 12.3. The van der Waals surface area contributed by atoms with Crippen molar-refractivity contribution in [3.05, 3.63) is 52.2 Å². The number of para-hydroxylation sites is 1. The fourth-order valence-corrected chi connectivity index (χ4v) is 4.04. The van der Waals surface area contributed by atoms with E-state index in [2.05, 4.69) is 13.8 Å². The molecule has 1 aliphatic heterocycles. The van der Waals surface area contributed by atoms with Crippen LogP contribution < -0.4 is 10.6 Å². The van der Waals surface area contributed by atoms with E-state index in [-0.39, 0.29) is 23.3 Å². The van der Waals surface area contributed by atoms with Crippen LogP contribution in [0.3, 0.4) is 0 Å². The first-order valence-electron chi connectivity index (χ1n) is 8.77. The second-order valence-electron chi connectivity index (χ2n) is 7.47. The predicted octanol–water partition coefficient (Wildman–Crippen LogP) is 3.22. The molecule has 1 atom stereocenters. The van der Waals surface area contributed by atoms with Gasteiger partial charge in [0.05, 0.1) is 16.1 Å². The summed E-state index contributed by atoms with van der Waals surface area (Å²) in [4.78, 5) is 29.9. The first kappa shape index (κ1) is 18.6. The summed E-state index contributed by atoms with van der Waals surface area (Å²) in [5.41, 5.74) is 7.25. The number of likely N-dealkylation sites (tertiary alicyclic amines) is 1. The third-order valence-corrected chi connectivity index (χ3v) is 5.99. The maximum atomic E-state index is 13.2. The zero-order chi connectivity index (χ0) is 18.9. The van der Waals surface area contributed by atoms with Crippen molar-refractivity contribution in [1.82, 2.24) is 4.90 Å². The van der Waals surface area contributed by atoms with Crippen LogP contribution in [0.25, 0.3) is 0 Å². The standard InChI is InChI=1S/C20H25N3O2S/c1-20(2)13-23(11-10-17(20)21)18(24)14-7-4-5-8-15(14)22(3)19(25)16-9-6-12-26-16/h4-9,12,17H,10-11,13,21H2,1-3H3. The fraction of sp³-hybridized carbons (Fsp3) is 0.400. The van der Waals surface area contributed by atoms with E-state index < -0.39 is 0 Å². The summed E-state index contributed by atoms with van der Waals surface area (Å²) in [6, 6.07) is 11.0. The number of benzene rings is 1. The number of carbonyl (C=O) groups excluding carboxylic acids is 2. The van der Waals surface area contributed by atoms with Gasteiger partial charge in [0.15, 0.2) is 0 Å². The second-order valence-corrected chi connectivity index (χ2v) is 8.42. The van der Waals surface area contributed by atoms with Gasteiger partial charge in [0.1, 0.15) is 0 Å². The van der Waals surface area contributed by atoms with Crippen LogP contribution in [0.2, 0.25) is 0 Å². The molecule has 5 nitrogen and oxygen atoms in total. The zero-order valence-corrected chi connectivity index (χ0v) is 16.3. The van der Waals surface area contributed by atoms with Crippen LogP contribution in [0.5, 0.6) is 0 Å². The molecule has 1 aliphatic rings. The maximum Gasteiger partial charge on any atom is 0.268 e. The number of anilines is 1. The molecule has 0 aliphatic carbocycles. The van der Waals surface area contributed by atoms with E-state index in [9.17, 15) is 9.59 Å². The molecule has 1 aromatic heterocycles. The Morgan fingerprint density at radius 1 is 1.23 bits per heavy atom. The number of nitrogens with two attached hydrogens (primary N) is 1. The van der Waals surface area contributed by atoms with Crippen molar-refractivity contribution in [2.45, 2.75) is 26.3 Å². The Morgan fingerprint density at radius 3 is 2.62 bits per heavy atom. The van der Waals surface area contributed by atoms with Crippen molar-refractivity contribution in [2.75, 3.05) is 25.0 Å². The van der Waals surface area contributed by atoms with Gasteiger partial charge in [-0.1, -0.05) is 32.0 Å². The van der Waals surface area contributed by atoms with E-state index >= 15 is 0 Å². The summed E-state index contributed by atoms with van der Waals surface area (Å²) in [5.74, 6) is -0.160. The molecule has 26 heavy (non-hydrogen) atoms. The van der Waals surface area contributed by atoms with Crippen molar-refractivity contribution in [2.24, 2.45) is 11.1 Å². The molecular formula is C20H25N3O2S. The average Bonchev–Trinajstić information content (AvgIpc) is 3.16. The highest BCUT2D eigenvalue weighted by atomic mass is 32.1. The predicted molar refractivity (Wildman–Crippen MR) is 106 cm³/mol. The van der Waals surface area contributed by atoms with Crippen molar-refractivity contribution in [1.29, 1.82) is 0 Å². The van der Waals surface area contributed by atoms with Gasteiger partial charge in [0, 0.05) is 26.2 Å². The highest BCUT2D eigenvalue weighted by Crippen LogP contribution is 2.30. The molecule has 0 saturated carbocycles. The van der Waals surface area contributed by atoms with Crippen LogP contribution in [-0.4, -0.2) is 42.9 Å². The lowest BCUT2D eigenvalue weighted by molar-refractivity contribution is 0.0533. The molecule has 0 spiro atoms. The molecule has 1 aromatic carbocycles. The van der Waals surface area contributed by atoms with Gasteiger partial charge >= 0.3 is 0 Å². The van der Waals surface area contributed by atoms with Crippen LogP contribution in [0, 0.1) is 5.41 Å². The van der Waals surface area contributed by atoms with E-state index in [0.29, 0.717) is 29.2 Å². The molecule has 1 saturated heterocycles. The lowest BCUT2D eigenvalue weighted by Gasteiger charge is -2.42. The third-order valence-electron chi connectivity index (χ3n) is 5.13. The minimum atomic E-state index is -0.123. The smallest absolute Gasteiger partial charge is 0.268 e. The number of piperidine rings is 1. The Morgan fingerprint density at radius 2 is 1.96 bits per heavy atom. The summed E-state index contributed by atoms with van der Waals surface area (Å²) in [6.07, 6.45) is 0.783. The molecular weight excluding hydrogens is 346 g/mol. The summed E-state index contributed by atoms with van der Waals surface area (Å²) >= 11 is 1.40. The lowest BCUT2D eigenvalue weighted by Crippen LogP contribution is -2.54. The van der Waals surface area contributed by atoms with Crippen molar-refractivity contribution in [3.63, 3.8) is 0 Å². The Labute approximate surface area is 158 Å². The van der Waals surface area contributed by atoms with Gasteiger partial charge < -0.3 is 15.5 Å². The summed E-state index contributed by atoms with van der Waals surface area (Å²) < 4.78 is 0. The minimum Gasteiger partial charge on any atom is -0.338 e. The molecule has 1 fully saturated rings. The number of hydrogen-bond donors (Lipinski definition) is 1. The quantitative estimate of drug-likeness (QED) is 0.901. The molecule has 2 heterocycles. The average molecular weight is 372 g/mol. The van der Waals surface area contributed by atoms with Gasteiger partial charge in [-0.2, -0.15) is 0 Å². The fourth-order valence-electron chi connectivity index (χ4n) is 3.34. The normalized spacial score (nSPS) is 19.2. The molecule has 0 radical (unpaired) electrons. The Balaban J connectivity index is 1.87. The molecule has 2 N–H and O–H groups in total. The first-order valence-corrected chi connectivity index (χ1v) is 9.64. The molecule has 2 aromatic rings. The topological polar surface area (TPSA) is 66.6 Å². The number of rotatable bonds is 3. The Hall–Kier alpha value is -2.18. The summed E-state index contributed by atoms with van der Waals surface area (Å²) in [5, 5.41) is 1.87. The van der Waals surface area contributed by atoms with Crippen LogP contribution in [-0.2, 0) is 0 Å². The minimum absolute atomic E-state index is 0.0496. The van der Waals surface area contributed by atoms with Crippen LogP contribution in [0.1, 0.15) is 40.3 Å². The van der Waals surface area contributed by atoms with E-state index in [1.807, 2.05) is 34.5 Å². The van der Waals surface area contributed by atoms with Gasteiger partial charge in [0.25, 0.3) is 11.8 Å².